The van der Waals surface area contributed by atoms with Gasteiger partial charge in [0.2, 0.25) is 5.41 Å². The van der Waals surface area contributed by atoms with E-state index >= 15 is 0 Å². The molecule has 0 fully saturated rings. The molecule has 0 saturated heterocycles. The van der Waals surface area contributed by atoms with E-state index in [1.54, 1.807) is 0 Å². The molecule has 0 saturated carbocycles. The highest BCUT2D eigenvalue weighted by Gasteiger charge is 2.54. The Kier molecular flexibility index (Phi) is 4.48. The second kappa shape index (κ2) is 6.27. The summed E-state index contributed by atoms with van der Waals surface area (Å²) in [6.45, 7) is 0. The number of halogens is 6. The van der Waals surface area contributed by atoms with Crippen molar-refractivity contribution in [2.24, 2.45) is 11.3 Å². The minimum absolute atomic E-state index is 0.115. The molecule has 10 heteroatoms. The van der Waals surface area contributed by atoms with E-state index in [1.807, 2.05) is 0 Å². The number of benzene rings is 1. The van der Waals surface area contributed by atoms with E-state index in [9.17, 15) is 26.3 Å². The lowest BCUT2D eigenvalue weighted by Crippen LogP contribution is -2.32. The number of nitrogens with zero attached hydrogens (tertiary/aromatic N) is 4. The summed E-state index contributed by atoms with van der Waals surface area (Å²) in [6, 6.07) is 4.23. The molecule has 0 heterocycles. The van der Waals surface area contributed by atoms with Gasteiger partial charge in [-0.05, 0) is 6.07 Å². The predicted octanol–water partition coefficient (Wildman–Crippen LogP) is 3.99. The molecule has 1 aliphatic rings. The zero-order valence-electron chi connectivity index (χ0n) is 12.2. The number of allylic oxidation sites excluding steroid dienone is 4. The van der Waals surface area contributed by atoms with Gasteiger partial charge in [-0.1, -0.05) is 0 Å². The molecule has 0 aliphatic heterocycles. The smallest absolute Gasteiger partial charge is 0.209 e. The topological polar surface area (TPSA) is 95.2 Å². The van der Waals surface area contributed by atoms with Gasteiger partial charge < -0.3 is 0 Å². The lowest BCUT2D eigenvalue weighted by molar-refractivity contribution is 0.330. The number of rotatable bonds is 1. The molecule has 0 amide bonds. The molecule has 1 unspecified atom stereocenters. The summed E-state index contributed by atoms with van der Waals surface area (Å²) in [5, 5.41) is 35.5. The summed E-state index contributed by atoms with van der Waals surface area (Å²) < 4.78 is 84.9. The van der Waals surface area contributed by atoms with Gasteiger partial charge in [-0.2, -0.15) is 21.0 Å². The lowest BCUT2D eigenvalue weighted by atomic mass is 9.71. The average molecular weight is 364 g/mol. The Morgan fingerprint density at radius 2 is 1.46 bits per heavy atom. The van der Waals surface area contributed by atoms with Crippen LogP contribution in [0.15, 0.2) is 23.5 Å². The molecule has 0 N–H and O–H groups in total. The van der Waals surface area contributed by atoms with E-state index in [1.165, 1.54) is 0 Å². The highest BCUT2D eigenvalue weighted by Crippen LogP contribution is 2.52. The lowest BCUT2D eigenvalue weighted by Gasteiger charge is -2.28. The first-order valence-electron chi connectivity index (χ1n) is 6.47. The van der Waals surface area contributed by atoms with E-state index in [2.05, 4.69) is 0 Å². The van der Waals surface area contributed by atoms with Crippen molar-refractivity contribution in [3.05, 3.63) is 52.1 Å². The third kappa shape index (κ3) is 2.21. The number of hydrogen-bond acceptors (Lipinski definition) is 4. The largest absolute Gasteiger partial charge is 0.219 e. The summed E-state index contributed by atoms with van der Waals surface area (Å²) in [5.41, 5.74) is -7.96. The van der Waals surface area contributed by atoms with Crippen LogP contribution in [-0.4, -0.2) is 0 Å². The molecule has 1 atom stereocenters. The quantitative estimate of drug-likeness (QED) is 0.556. The molecule has 26 heavy (non-hydrogen) atoms. The second-order valence-corrected chi connectivity index (χ2v) is 4.97. The molecular formula is C16H2F6N4. The van der Waals surface area contributed by atoms with Crippen molar-refractivity contribution >= 4 is 5.57 Å². The van der Waals surface area contributed by atoms with Gasteiger partial charge in [0.05, 0.1) is 34.9 Å². The maximum absolute atomic E-state index is 14.6. The van der Waals surface area contributed by atoms with Crippen LogP contribution in [0.2, 0.25) is 0 Å². The molecule has 0 bridgehead atoms. The molecule has 4 nitrogen and oxygen atoms in total. The summed E-state index contributed by atoms with van der Waals surface area (Å²) in [5.74, 6) is -15.2. The molecule has 0 aromatic heterocycles. The molecular weight excluding hydrogens is 362 g/mol. The Morgan fingerprint density at radius 1 is 0.885 bits per heavy atom. The highest BCUT2D eigenvalue weighted by molar-refractivity contribution is 5.83. The van der Waals surface area contributed by atoms with Gasteiger partial charge in [-0.3, -0.25) is 0 Å². The Balaban J connectivity index is 3.01. The van der Waals surface area contributed by atoms with E-state index in [4.69, 9.17) is 21.0 Å². The minimum Gasteiger partial charge on any atom is -0.209 e. The van der Waals surface area contributed by atoms with Crippen molar-refractivity contribution in [2.45, 2.75) is 0 Å². The Hall–Kier alpha value is -3.76. The summed E-state index contributed by atoms with van der Waals surface area (Å²) >= 11 is 0. The summed E-state index contributed by atoms with van der Waals surface area (Å²) in [6.07, 6.45) is 0. The number of nitriles is 4. The van der Waals surface area contributed by atoms with Crippen molar-refractivity contribution in [2.75, 3.05) is 0 Å². The van der Waals surface area contributed by atoms with Crippen LogP contribution in [0.1, 0.15) is 11.1 Å². The molecule has 1 aromatic carbocycles. The molecule has 2 rings (SSSR count). The van der Waals surface area contributed by atoms with Crippen LogP contribution in [0.4, 0.5) is 26.3 Å². The van der Waals surface area contributed by atoms with Crippen LogP contribution >= 0.6 is 0 Å². The SMILES string of the molecule is N#Cc1cc(F)c(F)c(C2=C(F)C(C#N)C(C#N)(C#N)C(F)=C2F)c1F. The van der Waals surface area contributed by atoms with E-state index in [0.717, 1.165) is 24.3 Å². The second-order valence-electron chi connectivity index (χ2n) is 4.97. The Labute approximate surface area is 141 Å². The van der Waals surface area contributed by atoms with Gasteiger partial charge in [0, 0.05) is 0 Å². The minimum atomic E-state index is -3.23. The first kappa shape index (κ1) is 18.6. The summed E-state index contributed by atoms with van der Waals surface area (Å²) in [4.78, 5) is 0. The van der Waals surface area contributed by atoms with Gasteiger partial charge in [0.25, 0.3) is 0 Å². The third-order valence-corrected chi connectivity index (χ3v) is 3.69. The third-order valence-electron chi connectivity index (χ3n) is 3.69. The fourth-order valence-electron chi connectivity index (χ4n) is 2.39. The first-order chi connectivity index (χ1) is 12.2. The van der Waals surface area contributed by atoms with Gasteiger partial charge in [-0.25, -0.2) is 26.3 Å². The fourth-order valence-corrected chi connectivity index (χ4v) is 2.39. The number of hydrogen-bond donors (Lipinski definition) is 0. The monoisotopic (exact) mass is 364 g/mol. The summed E-state index contributed by atoms with van der Waals surface area (Å²) in [7, 11) is 0. The van der Waals surface area contributed by atoms with E-state index in [-0.39, 0.29) is 6.07 Å². The van der Waals surface area contributed by atoms with Crippen molar-refractivity contribution in [1.29, 1.82) is 21.0 Å². The van der Waals surface area contributed by atoms with Crippen LogP contribution < -0.4 is 0 Å². The standard InChI is InChI=1S/C16H2F6N4/c17-8-1-6(2-23)11(18)9(13(8)20)10-12(19)7(3-24)16(4-25,5-26)15(22)14(10)21/h1,7H. The van der Waals surface area contributed by atoms with E-state index in [0.29, 0.717) is 0 Å². The van der Waals surface area contributed by atoms with Crippen molar-refractivity contribution in [1.82, 2.24) is 0 Å². The Bertz CT molecular complexity index is 1040. The zero-order chi connectivity index (χ0) is 19.8. The van der Waals surface area contributed by atoms with Gasteiger partial charge in [0.15, 0.2) is 29.1 Å². The highest BCUT2D eigenvalue weighted by atomic mass is 19.2. The van der Waals surface area contributed by atoms with Gasteiger partial charge in [0.1, 0.15) is 17.8 Å². The molecule has 0 radical (unpaired) electrons. The van der Waals surface area contributed by atoms with Gasteiger partial charge >= 0.3 is 0 Å². The maximum Gasteiger partial charge on any atom is 0.219 e. The predicted molar refractivity (Wildman–Crippen MR) is 71.1 cm³/mol. The van der Waals surface area contributed by atoms with Gasteiger partial charge in [-0.15, -0.1) is 0 Å². The van der Waals surface area contributed by atoms with Crippen molar-refractivity contribution in [3.8, 4) is 24.3 Å². The molecule has 128 valence electrons. The van der Waals surface area contributed by atoms with Crippen LogP contribution in [0.3, 0.4) is 0 Å². The maximum atomic E-state index is 14.6. The molecule has 1 aliphatic carbocycles. The van der Waals surface area contributed by atoms with Crippen LogP contribution in [-0.2, 0) is 0 Å². The van der Waals surface area contributed by atoms with Crippen molar-refractivity contribution in [3.63, 3.8) is 0 Å². The normalized spacial score (nSPS) is 18.6. The molecule has 0 spiro atoms. The van der Waals surface area contributed by atoms with Crippen LogP contribution in [0.25, 0.3) is 5.57 Å². The van der Waals surface area contributed by atoms with E-state index < -0.39 is 63.0 Å². The van der Waals surface area contributed by atoms with Crippen molar-refractivity contribution < 1.29 is 26.3 Å². The first-order valence-corrected chi connectivity index (χ1v) is 6.47. The molecule has 1 aromatic rings. The van der Waals surface area contributed by atoms with Crippen LogP contribution in [0, 0.1) is 74.1 Å². The Morgan fingerprint density at radius 3 is 1.92 bits per heavy atom. The van der Waals surface area contributed by atoms with Crippen LogP contribution in [0.5, 0.6) is 0 Å². The zero-order valence-corrected chi connectivity index (χ0v) is 12.2. The average Bonchev–Trinajstić information content (AvgIpc) is 2.63. The fraction of sp³-hybridized carbons (Fsp3) is 0.125.